The monoisotopic (exact) mass is 244 g/mol. The van der Waals surface area contributed by atoms with Crippen molar-refractivity contribution in [3.63, 3.8) is 0 Å². The van der Waals surface area contributed by atoms with Crippen molar-refractivity contribution in [3.8, 4) is 0 Å². The van der Waals surface area contributed by atoms with Gasteiger partial charge in [-0.3, -0.25) is 0 Å². The molecule has 3 N–H and O–H groups in total. The van der Waals surface area contributed by atoms with Gasteiger partial charge in [-0.05, 0) is 13.8 Å². The summed E-state index contributed by atoms with van der Waals surface area (Å²) >= 11 is 0. The first kappa shape index (κ1) is 15.8. The molecule has 0 radical (unpaired) electrons. The van der Waals surface area contributed by atoms with Crippen molar-refractivity contribution in [1.82, 2.24) is 0 Å². The van der Waals surface area contributed by atoms with E-state index >= 15 is 0 Å². The first-order valence-electron chi connectivity index (χ1n) is 5.35. The molecule has 0 aromatic heterocycles. The number of rotatable bonds is 6. The molecule has 5 heteroatoms. The molecule has 0 saturated carbocycles. The van der Waals surface area contributed by atoms with Crippen LogP contribution in [0, 0.1) is 0 Å². The fourth-order valence-electron chi connectivity index (χ4n) is 1.19. The van der Waals surface area contributed by atoms with Gasteiger partial charge < -0.3 is 20.1 Å². The molecule has 98 valence electrons. The van der Waals surface area contributed by atoms with E-state index in [1.165, 1.54) is 32.3 Å². The Morgan fingerprint density at radius 3 is 2.35 bits per heavy atom. The van der Waals surface area contributed by atoms with Crippen LogP contribution in [0.5, 0.6) is 0 Å². The van der Waals surface area contributed by atoms with Crippen molar-refractivity contribution in [3.05, 3.63) is 23.8 Å². The third-order valence-electron chi connectivity index (χ3n) is 2.09. The van der Waals surface area contributed by atoms with Gasteiger partial charge in [-0.1, -0.05) is 17.7 Å². The summed E-state index contributed by atoms with van der Waals surface area (Å²) in [7, 11) is 1.27. The third-order valence-corrected chi connectivity index (χ3v) is 2.09. The maximum absolute atomic E-state index is 10.8. The molecular formula is C12H20O5. The Labute approximate surface area is 101 Å². The predicted molar refractivity (Wildman–Crippen MR) is 63.2 cm³/mol. The number of methoxy groups -OCH3 is 1. The summed E-state index contributed by atoms with van der Waals surface area (Å²) in [6.07, 6.45) is 1.41. The zero-order chi connectivity index (χ0) is 13.4. The van der Waals surface area contributed by atoms with Gasteiger partial charge in [0.2, 0.25) is 0 Å². The summed E-state index contributed by atoms with van der Waals surface area (Å²) in [5.74, 6) is -0.489. The highest BCUT2D eigenvalue weighted by atomic mass is 16.5. The fraction of sp³-hybridized carbons (Fsp3) is 0.583. The van der Waals surface area contributed by atoms with Crippen LogP contribution in [0.3, 0.4) is 0 Å². The molecule has 0 rings (SSSR count). The van der Waals surface area contributed by atoms with Gasteiger partial charge in [0.05, 0.1) is 25.4 Å². The van der Waals surface area contributed by atoms with Gasteiger partial charge in [0.1, 0.15) is 0 Å². The normalized spacial score (nSPS) is 17.9. The Kier molecular flexibility index (Phi) is 7.45. The van der Waals surface area contributed by atoms with Crippen LogP contribution < -0.4 is 0 Å². The van der Waals surface area contributed by atoms with Crippen LogP contribution >= 0.6 is 0 Å². The smallest absolute Gasteiger partial charge is 0.330 e. The van der Waals surface area contributed by atoms with Gasteiger partial charge >= 0.3 is 5.97 Å². The van der Waals surface area contributed by atoms with E-state index in [1.54, 1.807) is 6.92 Å². The zero-order valence-corrected chi connectivity index (χ0v) is 10.3. The maximum Gasteiger partial charge on any atom is 0.330 e. The quantitative estimate of drug-likeness (QED) is 0.352. The van der Waals surface area contributed by atoms with Gasteiger partial charge in [-0.2, -0.15) is 0 Å². The first-order chi connectivity index (χ1) is 7.86. The summed E-state index contributed by atoms with van der Waals surface area (Å²) in [6.45, 7) is 3.21. The second-order valence-corrected chi connectivity index (χ2v) is 3.91. The molecule has 0 aromatic rings. The van der Waals surface area contributed by atoms with E-state index in [1.807, 2.05) is 0 Å². The summed E-state index contributed by atoms with van der Waals surface area (Å²) in [4.78, 5) is 10.8. The number of allylic oxidation sites excluding steroid dienone is 2. The van der Waals surface area contributed by atoms with Crippen LogP contribution in [-0.4, -0.2) is 46.7 Å². The molecule has 3 atom stereocenters. The molecule has 0 unspecified atom stereocenters. The molecule has 0 aromatic carbocycles. The second kappa shape index (κ2) is 8.00. The van der Waals surface area contributed by atoms with Crippen LogP contribution in [0.4, 0.5) is 0 Å². The lowest BCUT2D eigenvalue weighted by atomic mass is 10.1. The lowest BCUT2D eigenvalue weighted by molar-refractivity contribution is -0.134. The van der Waals surface area contributed by atoms with Crippen molar-refractivity contribution in [2.24, 2.45) is 0 Å². The van der Waals surface area contributed by atoms with E-state index in [-0.39, 0.29) is 6.42 Å². The summed E-state index contributed by atoms with van der Waals surface area (Å²) < 4.78 is 4.41. The van der Waals surface area contributed by atoms with Crippen molar-refractivity contribution in [2.45, 2.75) is 38.6 Å². The van der Waals surface area contributed by atoms with Crippen LogP contribution in [0.25, 0.3) is 0 Å². The lowest BCUT2D eigenvalue weighted by Gasteiger charge is -2.16. The molecule has 0 spiro atoms. The van der Waals surface area contributed by atoms with Crippen LogP contribution in [0.1, 0.15) is 20.3 Å². The molecule has 0 amide bonds. The molecule has 0 aliphatic heterocycles. The largest absolute Gasteiger partial charge is 0.466 e. The van der Waals surface area contributed by atoms with E-state index in [9.17, 15) is 15.0 Å². The molecule has 5 nitrogen and oxygen atoms in total. The first-order valence-corrected chi connectivity index (χ1v) is 5.35. The average molecular weight is 244 g/mol. The number of aliphatic hydroxyl groups is 3. The third kappa shape index (κ3) is 7.68. The topological polar surface area (TPSA) is 87.0 Å². The minimum Gasteiger partial charge on any atom is -0.466 e. The van der Waals surface area contributed by atoms with Crippen molar-refractivity contribution in [1.29, 1.82) is 0 Å². The number of carbonyl (C=O) groups excluding carboxylic acids is 1. The SMILES string of the molecule is COC(=O)/C=C/C(C)=C/[C@@H](O)[C@H](O)C[C@H](C)O. The highest BCUT2D eigenvalue weighted by Crippen LogP contribution is 2.07. The Hall–Kier alpha value is -1.17. The van der Waals surface area contributed by atoms with Crippen LogP contribution in [-0.2, 0) is 9.53 Å². The number of esters is 1. The number of aliphatic hydroxyl groups excluding tert-OH is 3. The number of carbonyl (C=O) groups is 1. The summed E-state index contributed by atoms with van der Waals surface area (Å²) in [5, 5.41) is 28.1. The van der Waals surface area contributed by atoms with Crippen molar-refractivity contribution < 1.29 is 24.9 Å². The predicted octanol–water partition coefficient (Wildman–Crippen LogP) is 0.155. The molecule has 0 heterocycles. The summed E-state index contributed by atoms with van der Waals surface area (Å²) in [6, 6.07) is 0. The second-order valence-electron chi connectivity index (χ2n) is 3.91. The van der Waals surface area contributed by atoms with E-state index < -0.39 is 24.3 Å². The van der Waals surface area contributed by atoms with Gasteiger partial charge in [-0.15, -0.1) is 0 Å². The van der Waals surface area contributed by atoms with Crippen LogP contribution in [0.15, 0.2) is 23.8 Å². The minimum atomic E-state index is -1.08. The van der Waals surface area contributed by atoms with Gasteiger partial charge in [0, 0.05) is 12.5 Å². The lowest BCUT2D eigenvalue weighted by Crippen LogP contribution is -2.27. The highest BCUT2D eigenvalue weighted by molar-refractivity contribution is 5.82. The maximum atomic E-state index is 10.8. The van der Waals surface area contributed by atoms with E-state index in [2.05, 4.69) is 4.74 Å². The molecule has 0 aliphatic rings. The molecule has 0 bridgehead atoms. The van der Waals surface area contributed by atoms with E-state index in [0.717, 1.165) is 0 Å². The Balaban J connectivity index is 4.36. The number of ether oxygens (including phenoxy) is 1. The van der Waals surface area contributed by atoms with Gasteiger partial charge in [0.25, 0.3) is 0 Å². The molecule has 0 aliphatic carbocycles. The molecule has 0 saturated heterocycles. The Morgan fingerprint density at radius 2 is 1.88 bits per heavy atom. The fourth-order valence-corrected chi connectivity index (χ4v) is 1.19. The molecule has 17 heavy (non-hydrogen) atoms. The minimum absolute atomic E-state index is 0.0890. The zero-order valence-electron chi connectivity index (χ0n) is 10.3. The van der Waals surface area contributed by atoms with Gasteiger partial charge in [0.15, 0.2) is 0 Å². The van der Waals surface area contributed by atoms with E-state index in [0.29, 0.717) is 5.57 Å². The summed E-state index contributed by atoms with van der Waals surface area (Å²) in [5.41, 5.74) is 0.618. The molecular weight excluding hydrogens is 224 g/mol. The van der Waals surface area contributed by atoms with E-state index in [4.69, 9.17) is 5.11 Å². The average Bonchev–Trinajstić information content (AvgIpc) is 2.24. The van der Waals surface area contributed by atoms with Crippen molar-refractivity contribution >= 4 is 5.97 Å². The highest BCUT2D eigenvalue weighted by Gasteiger charge is 2.15. The van der Waals surface area contributed by atoms with Crippen LogP contribution in [0.2, 0.25) is 0 Å². The standard InChI is InChI=1S/C12H20O5/c1-8(4-5-12(16)17-3)6-10(14)11(15)7-9(2)13/h4-6,9-11,13-15H,7H2,1-3H3/b5-4+,8-6+/t9-,10+,11+/m0/s1. The Morgan fingerprint density at radius 1 is 1.29 bits per heavy atom. The van der Waals surface area contributed by atoms with Gasteiger partial charge in [-0.25, -0.2) is 4.79 Å². The van der Waals surface area contributed by atoms with Crippen molar-refractivity contribution in [2.75, 3.05) is 7.11 Å². The Bertz CT molecular complexity index is 293. The number of hydrogen-bond acceptors (Lipinski definition) is 5. The number of hydrogen-bond donors (Lipinski definition) is 3. The molecule has 0 fully saturated rings.